The van der Waals surface area contributed by atoms with Crippen molar-refractivity contribution in [1.82, 2.24) is 9.55 Å². The van der Waals surface area contributed by atoms with Gasteiger partial charge in [-0.2, -0.15) is 12.6 Å². The second kappa shape index (κ2) is 2.83. The van der Waals surface area contributed by atoms with Crippen LogP contribution in [0.2, 0.25) is 0 Å². The average Bonchev–Trinajstić information content (AvgIpc) is 2.47. The summed E-state index contributed by atoms with van der Waals surface area (Å²) in [5.74, 6) is 0. The quantitative estimate of drug-likeness (QED) is 0.664. The summed E-state index contributed by atoms with van der Waals surface area (Å²) in [4.78, 5) is 4.25. The van der Waals surface area contributed by atoms with Crippen molar-refractivity contribution in [3.8, 4) is 0 Å². The van der Waals surface area contributed by atoms with Crippen LogP contribution >= 0.6 is 12.6 Å². The van der Waals surface area contributed by atoms with Crippen LogP contribution in [0.15, 0.2) is 30.6 Å². The summed E-state index contributed by atoms with van der Waals surface area (Å²) in [7, 11) is 0. The monoisotopic (exact) mass is 178 g/mol. The molecule has 0 aliphatic rings. The van der Waals surface area contributed by atoms with E-state index in [1.165, 1.54) is 0 Å². The number of rotatable bonds is 1. The predicted octanol–water partition coefficient (Wildman–Crippen LogP) is 2.48. The molecule has 1 aromatic carbocycles. The molecule has 0 spiro atoms. The van der Waals surface area contributed by atoms with Gasteiger partial charge in [-0.05, 0) is 19.1 Å². The molecule has 1 unspecified atom stereocenters. The van der Waals surface area contributed by atoms with Crippen molar-refractivity contribution < 1.29 is 0 Å². The van der Waals surface area contributed by atoms with Gasteiger partial charge in [-0.15, -0.1) is 0 Å². The number of thiol groups is 1. The summed E-state index contributed by atoms with van der Waals surface area (Å²) in [5.41, 5.74) is 2.17. The van der Waals surface area contributed by atoms with E-state index in [4.69, 9.17) is 0 Å². The second-order valence-electron chi connectivity index (χ2n) is 2.77. The molecule has 0 amide bonds. The van der Waals surface area contributed by atoms with E-state index in [0.717, 1.165) is 11.0 Å². The van der Waals surface area contributed by atoms with Gasteiger partial charge >= 0.3 is 0 Å². The van der Waals surface area contributed by atoms with Crippen LogP contribution in [0, 0.1) is 0 Å². The summed E-state index contributed by atoms with van der Waals surface area (Å²) in [6, 6.07) is 8.05. The smallest absolute Gasteiger partial charge is 0.0967 e. The maximum atomic E-state index is 4.35. The van der Waals surface area contributed by atoms with Crippen molar-refractivity contribution >= 4 is 23.7 Å². The number of benzene rings is 1. The Morgan fingerprint density at radius 3 is 2.92 bits per heavy atom. The molecule has 12 heavy (non-hydrogen) atoms. The minimum absolute atomic E-state index is 0.178. The van der Waals surface area contributed by atoms with Gasteiger partial charge in [0.2, 0.25) is 0 Å². The van der Waals surface area contributed by atoms with E-state index in [1.54, 1.807) is 0 Å². The number of aromatic nitrogens is 2. The summed E-state index contributed by atoms with van der Waals surface area (Å²) < 4.78 is 2.04. The highest BCUT2D eigenvalue weighted by molar-refractivity contribution is 7.80. The Morgan fingerprint density at radius 1 is 1.42 bits per heavy atom. The highest BCUT2D eigenvalue weighted by Crippen LogP contribution is 2.18. The Hall–Kier alpha value is -0.960. The first-order valence-electron chi connectivity index (χ1n) is 3.88. The van der Waals surface area contributed by atoms with Gasteiger partial charge in [0.05, 0.1) is 22.7 Å². The minimum Gasteiger partial charge on any atom is -0.318 e. The molecule has 1 atom stereocenters. The third kappa shape index (κ3) is 1.10. The topological polar surface area (TPSA) is 17.8 Å². The molecule has 0 N–H and O–H groups in total. The first-order valence-corrected chi connectivity index (χ1v) is 4.40. The van der Waals surface area contributed by atoms with Crippen LogP contribution in [0.1, 0.15) is 12.3 Å². The SMILES string of the molecule is CC(S)n1cnc2ccccc21. The molecule has 62 valence electrons. The molecule has 0 aliphatic carbocycles. The van der Waals surface area contributed by atoms with Crippen LogP contribution < -0.4 is 0 Å². The lowest BCUT2D eigenvalue weighted by Crippen LogP contribution is -1.94. The number of para-hydroxylation sites is 2. The normalized spacial score (nSPS) is 13.5. The van der Waals surface area contributed by atoms with Crippen LogP contribution in [0.3, 0.4) is 0 Å². The molecule has 2 rings (SSSR count). The lowest BCUT2D eigenvalue weighted by molar-refractivity contribution is 0.769. The maximum Gasteiger partial charge on any atom is 0.0967 e. The molecule has 0 fully saturated rings. The molecular weight excluding hydrogens is 168 g/mol. The van der Waals surface area contributed by atoms with Crippen LogP contribution in [0.4, 0.5) is 0 Å². The Bertz CT molecular complexity index is 392. The zero-order valence-electron chi connectivity index (χ0n) is 6.81. The molecule has 0 aliphatic heterocycles. The van der Waals surface area contributed by atoms with Gasteiger partial charge in [0.25, 0.3) is 0 Å². The van der Waals surface area contributed by atoms with Gasteiger partial charge < -0.3 is 4.57 Å². The third-order valence-corrected chi connectivity index (χ3v) is 2.13. The van der Waals surface area contributed by atoms with Crippen molar-refractivity contribution in [2.45, 2.75) is 12.3 Å². The molecule has 1 heterocycles. The largest absolute Gasteiger partial charge is 0.318 e. The van der Waals surface area contributed by atoms with Crippen LogP contribution in [0.5, 0.6) is 0 Å². The molecule has 0 saturated heterocycles. The molecule has 1 aromatic heterocycles. The van der Waals surface area contributed by atoms with Gasteiger partial charge in [0, 0.05) is 0 Å². The number of fused-ring (bicyclic) bond motifs is 1. The standard InChI is InChI=1S/C9H10N2S/c1-7(12)11-6-10-8-4-2-3-5-9(8)11/h2-7,12H,1H3. The molecule has 2 nitrogen and oxygen atoms in total. The Balaban J connectivity index is 2.70. The van der Waals surface area contributed by atoms with Gasteiger partial charge in [-0.25, -0.2) is 4.98 Å². The summed E-state index contributed by atoms with van der Waals surface area (Å²) >= 11 is 4.35. The van der Waals surface area contributed by atoms with E-state index in [9.17, 15) is 0 Å². The zero-order valence-corrected chi connectivity index (χ0v) is 7.70. The summed E-state index contributed by atoms with van der Waals surface area (Å²) in [5, 5.41) is 0.178. The van der Waals surface area contributed by atoms with E-state index in [2.05, 4.69) is 23.7 Å². The summed E-state index contributed by atoms with van der Waals surface area (Å²) in [6.45, 7) is 2.03. The second-order valence-corrected chi connectivity index (χ2v) is 3.52. The molecule has 2 aromatic rings. The van der Waals surface area contributed by atoms with Crippen molar-refractivity contribution in [3.63, 3.8) is 0 Å². The molecule has 0 radical (unpaired) electrons. The van der Waals surface area contributed by atoms with Gasteiger partial charge in [0.15, 0.2) is 0 Å². The lowest BCUT2D eigenvalue weighted by atomic mass is 10.3. The van der Waals surface area contributed by atoms with E-state index >= 15 is 0 Å². The molecule has 0 bridgehead atoms. The maximum absolute atomic E-state index is 4.35. The number of imidazole rings is 1. The fraction of sp³-hybridized carbons (Fsp3) is 0.222. The first kappa shape index (κ1) is 7.68. The first-order chi connectivity index (χ1) is 5.79. The van der Waals surface area contributed by atoms with Crippen LogP contribution in [0.25, 0.3) is 11.0 Å². The summed E-state index contributed by atoms with van der Waals surface area (Å²) in [6.07, 6.45) is 1.82. The van der Waals surface area contributed by atoms with E-state index in [1.807, 2.05) is 36.0 Å². The molecular formula is C9H10N2S. The van der Waals surface area contributed by atoms with E-state index < -0.39 is 0 Å². The number of nitrogens with zero attached hydrogens (tertiary/aromatic N) is 2. The van der Waals surface area contributed by atoms with Gasteiger partial charge in [-0.1, -0.05) is 12.1 Å². The number of hydrogen-bond acceptors (Lipinski definition) is 2. The highest BCUT2D eigenvalue weighted by atomic mass is 32.1. The average molecular weight is 178 g/mol. The van der Waals surface area contributed by atoms with Gasteiger partial charge in [-0.3, -0.25) is 0 Å². The Labute approximate surface area is 76.6 Å². The highest BCUT2D eigenvalue weighted by Gasteiger charge is 2.03. The fourth-order valence-electron chi connectivity index (χ4n) is 1.28. The molecule has 3 heteroatoms. The van der Waals surface area contributed by atoms with E-state index in [0.29, 0.717) is 0 Å². The van der Waals surface area contributed by atoms with Crippen LogP contribution in [-0.4, -0.2) is 9.55 Å². The van der Waals surface area contributed by atoms with Crippen molar-refractivity contribution in [3.05, 3.63) is 30.6 Å². The van der Waals surface area contributed by atoms with E-state index in [-0.39, 0.29) is 5.37 Å². The Kier molecular flexibility index (Phi) is 1.81. The van der Waals surface area contributed by atoms with Crippen molar-refractivity contribution in [1.29, 1.82) is 0 Å². The predicted molar refractivity (Wildman–Crippen MR) is 53.4 cm³/mol. The van der Waals surface area contributed by atoms with Crippen molar-refractivity contribution in [2.24, 2.45) is 0 Å². The third-order valence-electron chi connectivity index (χ3n) is 1.88. The van der Waals surface area contributed by atoms with Crippen molar-refractivity contribution in [2.75, 3.05) is 0 Å². The fourth-order valence-corrected chi connectivity index (χ4v) is 1.46. The van der Waals surface area contributed by atoms with Gasteiger partial charge in [0.1, 0.15) is 0 Å². The Morgan fingerprint density at radius 2 is 2.17 bits per heavy atom. The minimum atomic E-state index is 0.178. The van der Waals surface area contributed by atoms with Crippen LogP contribution in [-0.2, 0) is 0 Å². The number of hydrogen-bond donors (Lipinski definition) is 1. The lowest BCUT2D eigenvalue weighted by Gasteiger charge is -2.05. The zero-order chi connectivity index (χ0) is 8.55. The molecule has 0 saturated carbocycles.